The first-order valence-electron chi connectivity index (χ1n) is 6.52. The molecule has 5 heteroatoms. The normalized spacial score (nSPS) is 29.4. The molecule has 1 aromatic heterocycles. The van der Waals surface area contributed by atoms with Crippen LogP contribution in [0.1, 0.15) is 30.8 Å². The standard InChI is InChI=1S/C13H19N3O2/c1-8-4-9(2)16(14-8)11-6-15(7-11)12-5-10(3)18-13(12)17/h4,10-12H,5-7H2,1-3H3/t10-,12+/m0/s1. The Morgan fingerprint density at radius 3 is 2.61 bits per heavy atom. The highest BCUT2D eigenvalue weighted by Gasteiger charge is 2.43. The van der Waals surface area contributed by atoms with Gasteiger partial charge in [-0.15, -0.1) is 0 Å². The molecule has 2 aliphatic rings. The maximum absolute atomic E-state index is 11.6. The summed E-state index contributed by atoms with van der Waals surface area (Å²) in [6, 6.07) is 2.46. The Morgan fingerprint density at radius 2 is 2.11 bits per heavy atom. The van der Waals surface area contributed by atoms with Crippen molar-refractivity contribution in [1.29, 1.82) is 0 Å². The molecule has 1 aromatic rings. The number of carbonyl (C=O) groups is 1. The Bertz CT molecular complexity index is 477. The second-order valence-electron chi connectivity index (χ2n) is 5.48. The average Bonchev–Trinajstić information content (AvgIpc) is 2.69. The van der Waals surface area contributed by atoms with Crippen molar-refractivity contribution in [1.82, 2.24) is 14.7 Å². The molecule has 2 atom stereocenters. The van der Waals surface area contributed by atoms with Crippen molar-refractivity contribution in [2.45, 2.75) is 45.4 Å². The first-order valence-corrected chi connectivity index (χ1v) is 6.52. The van der Waals surface area contributed by atoms with Crippen molar-refractivity contribution in [3.05, 3.63) is 17.5 Å². The molecule has 98 valence electrons. The van der Waals surface area contributed by atoms with Crippen molar-refractivity contribution in [2.75, 3.05) is 13.1 Å². The van der Waals surface area contributed by atoms with E-state index >= 15 is 0 Å². The van der Waals surface area contributed by atoms with Crippen LogP contribution in [0.4, 0.5) is 0 Å². The molecule has 3 heterocycles. The number of ether oxygens (including phenoxy) is 1. The number of rotatable bonds is 2. The van der Waals surface area contributed by atoms with Crippen LogP contribution in [0.15, 0.2) is 6.07 Å². The van der Waals surface area contributed by atoms with E-state index in [4.69, 9.17) is 4.74 Å². The number of hydrogen-bond donors (Lipinski definition) is 0. The van der Waals surface area contributed by atoms with Gasteiger partial charge in [-0.3, -0.25) is 14.4 Å². The van der Waals surface area contributed by atoms with Crippen LogP contribution in [0, 0.1) is 13.8 Å². The maximum atomic E-state index is 11.6. The van der Waals surface area contributed by atoms with Gasteiger partial charge in [0.15, 0.2) is 0 Å². The predicted octanol–water partition coefficient (Wildman–Crippen LogP) is 1.06. The molecule has 0 unspecified atom stereocenters. The summed E-state index contributed by atoms with van der Waals surface area (Å²) in [4.78, 5) is 13.8. The lowest BCUT2D eigenvalue weighted by Crippen LogP contribution is -2.54. The van der Waals surface area contributed by atoms with E-state index in [1.807, 2.05) is 13.8 Å². The van der Waals surface area contributed by atoms with Gasteiger partial charge in [-0.05, 0) is 26.8 Å². The Morgan fingerprint density at radius 1 is 1.39 bits per heavy atom. The monoisotopic (exact) mass is 249 g/mol. The predicted molar refractivity (Wildman–Crippen MR) is 66.3 cm³/mol. The van der Waals surface area contributed by atoms with E-state index in [2.05, 4.69) is 27.7 Å². The highest BCUT2D eigenvalue weighted by Crippen LogP contribution is 2.29. The molecule has 0 saturated carbocycles. The molecule has 18 heavy (non-hydrogen) atoms. The third kappa shape index (κ3) is 1.82. The molecule has 2 aliphatic heterocycles. The maximum Gasteiger partial charge on any atom is 0.323 e. The van der Waals surface area contributed by atoms with Gasteiger partial charge in [-0.1, -0.05) is 0 Å². The summed E-state index contributed by atoms with van der Waals surface area (Å²) in [6.45, 7) is 7.84. The number of aromatic nitrogens is 2. The highest BCUT2D eigenvalue weighted by atomic mass is 16.6. The van der Waals surface area contributed by atoms with Crippen LogP contribution in [0.2, 0.25) is 0 Å². The first kappa shape index (κ1) is 11.7. The molecular formula is C13H19N3O2. The van der Waals surface area contributed by atoms with Gasteiger partial charge in [0.2, 0.25) is 0 Å². The molecular weight excluding hydrogens is 230 g/mol. The summed E-state index contributed by atoms with van der Waals surface area (Å²) in [7, 11) is 0. The molecule has 0 bridgehead atoms. The Balaban J connectivity index is 1.64. The number of likely N-dealkylation sites (tertiary alicyclic amines) is 1. The van der Waals surface area contributed by atoms with E-state index in [9.17, 15) is 4.79 Å². The zero-order valence-electron chi connectivity index (χ0n) is 11.1. The fraction of sp³-hybridized carbons (Fsp3) is 0.692. The molecule has 0 aliphatic carbocycles. The van der Waals surface area contributed by atoms with E-state index in [0.717, 1.165) is 25.2 Å². The van der Waals surface area contributed by atoms with Crippen LogP contribution >= 0.6 is 0 Å². The van der Waals surface area contributed by atoms with Crippen molar-refractivity contribution in [3.8, 4) is 0 Å². The molecule has 0 N–H and O–H groups in total. The van der Waals surface area contributed by atoms with Gasteiger partial charge < -0.3 is 4.74 Å². The first-order chi connectivity index (χ1) is 8.54. The fourth-order valence-corrected chi connectivity index (χ4v) is 2.95. The second kappa shape index (κ2) is 4.09. The van der Waals surface area contributed by atoms with Crippen LogP contribution in [0.25, 0.3) is 0 Å². The Kier molecular flexibility index (Phi) is 2.66. The Hall–Kier alpha value is -1.36. The van der Waals surface area contributed by atoms with E-state index in [-0.39, 0.29) is 18.1 Å². The minimum Gasteiger partial charge on any atom is -0.461 e. The molecule has 0 radical (unpaired) electrons. The van der Waals surface area contributed by atoms with Crippen LogP contribution in [-0.2, 0) is 9.53 Å². The number of nitrogens with zero attached hydrogens (tertiary/aromatic N) is 3. The van der Waals surface area contributed by atoms with E-state index in [0.29, 0.717) is 6.04 Å². The van der Waals surface area contributed by atoms with Gasteiger partial charge in [0.25, 0.3) is 0 Å². The summed E-state index contributed by atoms with van der Waals surface area (Å²) in [5.41, 5.74) is 2.25. The third-order valence-electron chi connectivity index (χ3n) is 3.87. The van der Waals surface area contributed by atoms with Gasteiger partial charge in [0.05, 0.1) is 11.7 Å². The molecule has 2 fully saturated rings. The van der Waals surface area contributed by atoms with Gasteiger partial charge in [0.1, 0.15) is 12.1 Å². The van der Waals surface area contributed by atoms with Gasteiger partial charge in [-0.2, -0.15) is 5.10 Å². The van der Waals surface area contributed by atoms with Crippen molar-refractivity contribution >= 4 is 5.97 Å². The quantitative estimate of drug-likeness (QED) is 0.735. The number of carbonyl (C=O) groups excluding carboxylic acids is 1. The summed E-state index contributed by atoms with van der Waals surface area (Å²) >= 11 is 0. The lowest BCUT2D eigenvalue weighted by Gasteiger charge is -2.41. The Labute approximate surface area is 107 Å². The van der Waals surface area contributed by atoms with Gasteiger partial charge in [-0.25, -0.2) is 0 Å². The molecule has 0 spiro atoms. The highest BCUT2D eigenvalue weighted by molar-refractivity contribution is 5.78. The summed E-state index contributed by atoms with van der Waals surface area (Å²) in [5.74, 6) is -0.0608. The largest absolute Gasteiger partial charge is 0.461 e. The minimum atomic E-state index is -0.0608. The smallest absolute Gasteiger partial charge is 0.323 e. The zero-order valence-corrected chi connectivity index (χ0v) is 11.1. The lowest BCUT2D eigenvalue weighted by atomic mass is 10.0. The lowest BCUT2D eigenvalue weighted by molar-refractivity contribution is -0.146. The van der Waals surface area contributed by atoms with E-state index in [1.54, 1.807) is 0 Å². The molecule has 0 amide bonds. The second-order valence-corrected chi connectivity index (χ2v) is 5.48. The molecule has 3 rings (SSSR count). The third-order valence-corrected chi connectivity index (χ3v) is 3.87. The molecule has 0 aromatic carbocycles. The fourth-order valence-electron chi connectivity index (χ4n) is 2.95. The van der Waals surface area contributed by atoms with Gasteiger partial charge >= 0.3 is 5.97 Å². The summed E-state index contributed by atoms with van der Waals surface area (Å²) < 4.78 is 7.28. The van der Waals surface area contributed by atoms with Crippen molar-refractivity contribution in [2.24, 2.45) is 0 Å². The van der Waals surface area contributed by atoms with Gasteiger partial charge in [0, 0.05) is 25.2 Å². The van der Waals surface area contributed by atoms with Crippen LogP contribution < -0.4 is 0 Å². The number of cyclic esters (lactones) is 1. The molecule has 5 nitrogen and oxygen atoms in total. The number of esters is 1. The minimum absolute atomic E-state index is 0.0341. The van der Waals surface area contributed by atoms with E-state index < -0.39 is 0 Å². The van der Waals surface area contributed by atoms with Crippen molar-refractivity contribution < 1.29 is 9.53 Å². The topological polar surface area (TPSA) is 47.4 Å². The number of hydrogen-bond acceptors (Lipinski definition) is 4. The number of aryl methyl sites for hydroxylation is 2. The van der Waals surface area contributed by atoms with Crippen LogP contribution in [0.5, 0.6) is 0 Å². The summed E-state index contributed by atoms with van der Waals surface area (Å²) in [6.07, 6.45) is 0.887. The van der Waals surface area contributed by atoms with E-state index in [1.165, 1.54) is 5.69 Å². The van der Waals surface area contributed by atoms with Crippen LogP contribution in [-0.4, -0.2) is 45.9 Å². The molecule has 2 saturated heterocycles. The zero-order chi connectivity index (χ0) is 12.9. The average molecular weight is 249 g/mol. The SMILES string of the molecule is Cc1cc(C)n(C2CN([C@@H]3C[C@H](C)OC3=O)C2)n1. The van der Waals surface area contributed by atoms with Crippen molar-refractivity contribution in [3.63, 3.8) is 0 Å². The summed E-state index contributed by atoms with van der Waals surface area (Å²) in [5, 5.41) is 4.50. The van der Waals surface area contributed by atoms with Crippen LogP contribution in [0.3, 0.4) is 0 Å².